The third kappa shape index (κ3) is 1.79. The number of aliphatic hydroxyl groups is 1. The largest absolute Gasteiger partial charge is 0.496 e. The van der Waals surface area contributed by atoms with Gasteiger partial charge in [-0.3, -0.25) is 0 Å². The number of methoxy groups -OCH3 is 2. The summed E-state index contributed by atoms with van der Waals surface area (Å²) in [7, 11) is 3.27. The van der Waals surface area contributed by atoms with Crippen molar-refractivity contribution >= 4 is 11.8 Å². The highest BCUT2D eigenvalue weighted by molar-refractivity contribution is 7.98. The summed E-state index contributed by atoms with van der Waals surface area (Å²) in [6, 6.07) is 3.73. The number of hydrogen-bond acceptors (Lipinski definition) is 4. The molecule has 1 aromatic carbocycles. The molecule has 1 aliphatic heterocycles. The Kier molecular flexibility index (Phi) is 3.07. The molecule has 1 N–H and O–H groups in total. The SMILES string of the molecule is COc1ccc(OC)c2c1CSC[C@H]2O. The molecule has 1 atom stereocenters. The first-order chi connectivity index (χ1) is 7.27. The molecule has 0 amide bonds. The fraction of sp³-hybridized carbons (Fsp3) is 0.455. The predicted molar refractivity (Wildman–Crippen MR) is 60.7 cm³/mol. The van der Waals surface area contributed by atoms with Crippen molar-refractivity contribution in [2.75, 3.05) is 20.0 Å². The molecule has 1 heterocycles. The second kappa shape index (κ2) is 4.33. The Morgan fingerprint density at radius 1 is 1.27 bits per heavy atom. The minimum absolute atomic E-state index is 0.455. The second-order valence-corrected chi connectivity index (χ2v) is 4.42. The van der Waals surface area contributed by atoms with E-state index in [1.54, 1.807) is 26.0 Å². The lowest BCUT2D eigenvalue weighted by Gasteiger charge is -2.24. The zero-order valence-corrected chi connectivity index (χ0v) is 9.63. The van der Waals surface area contributed by atoms with Crippen molar-refractivity contribution in [3.05, 3.63) is 23.3 Å². The van der Waals surface area contributed by atoms with Gasteiger partial charge < -0.3 is 14.6 Å². The topological polar surface area (TPSA) is 38.7 Å². The van der Waals surface area contributed by atoms with E-state index in [0.29, 0.717) is 0 Å². The van der Waals surface area contributed by atoms with E-state index in [0.717, 1.165) is 34.1 Å². The van der Waals surface area contributed by atoms with Gasteiger partial charge in [-0.2, -0.15) is 11.8 Å². The molecule has 15 heavy (non-hydrogen) atoms. The second-order valence-electron chi connectivity index (χ2n) is 3.39. The number of aliphatic hydroxyl groups excluding tert-OH is 1. The van der Waals surface area contributed by atoms with Crippen LogP contribution in [0.3, 0.4) is 0 Å². The van der Waals surface area contributed by atoms with Crippen molar-refractivity contribution in [1.29, 1.82) is 0 Å². The third-order valence-electron chi connectivity index (χ3n) is 2.57. The monoisotopic (exact) mass is 226 g/mol. The molecule has 2 rings (SSSR count). The Balaban J connectivity index is 2.56. The minimum Gasteiger partial charge on any atom is -0.496 e. The lowest BCUT2D eigenvalue weighted by molar-refractivity contribution is 0.195. The Hall–Kier alpha value is -0.870. The van der Waals surface area contributed by atoms with E-state index >= 15 is 0 Å². The van der Waals surface area contributed by atoms with E-state index in [4.69, 9.17) is 9.47 Å². The zero-order chi connectivity index (χ0) is 10.8. The van der Waals surface area contributed by atoms with Crippen LogP contribution in [-0.4, -0.2) is 25.1 Å². The van der Waals surface area contributed by atoms with Gasteiger partial charge in [0.25, 0.3) is 0 Å². The highest BCUT2D eigenvalue weighted by Gasteiger charge is 2.25. The third-order valence-corrected chi connectivity index (χ3v) is 3.61. The molecule has 0 saturated carbocycles. The average Bonchev–Trinajstić information content (AvgIpc) is 2.28. The first kappa shape index (κ1) is 10.6. The van der Waals surface area contributed by atoms with Gasteiger partial charge in [0.2, 0.25) is 0 Å². The van der Waals surface area contributed by atoms with E-state index in [9.17, 15) is 5.11 Å². The lowest BCUT2D eigenvalue weighted by atomic mass is 10.0. The van der Waals surface area contributed by atoms with Crippen LogP contribution in [0.4, 0.5) is 0 Å². The maximum absolute atomic E-state index is 9.94. The molecule has 0 fully saturated rings. The summed E-state index contributed by atoms with van der Waals surface area (Å²) < 4.78 is 10.5. The maximum atomic E-state index is 9.94. The molecular weight excluding hydrogens is 212 g/mol. The smallest absolute Gasteiger partial charge is 0.125 e. The number of ether oxygens (including phenoxy) is 2. The van der Waals surface area contributed by atoms with Crippen LogP contribution in [0.1, 0.15) is 17.2 Å². The molecule has 0 aliphatic carbocycles. The van der Waals surface area contributed by atoms with E-state index in [1.165, 1.54) is 0 Å². The molecule has 4 heteroatoms. The summed E-state index contributed by atoms with van der Waals surface area (Å²) in [6.45, 7) is 0. The molecule has 1 aliphatic rings. The minimum atomic E-state index is -0.455. The van der Waals surface area contributed by atoms with Crippen LogP contribution in [0.2, 0.25) is 0 Å². The summed E-state index contributed by atoms with van der Waals surface area (Å²) >= 11 is 1.71. The molecule has 0 unspecified atom stereocenters. The number of hydrogen-bond donors (Lipinski definition) is 1. The van der Waals surface area contributed by atoms with Crippen LogP contribution in [0, 0.1) is 0 Å². The molecule has 0 aromatic heterocycles. The highest BCUT2D eigenvalue weighted by atomic mass is 32.2. The molecule has 1 aromatic rings. The fourth-order valence-electron chi connectivity index (χ4n) is 1.86. The van der Waals surface area contributed by atoms with Crippen LogP contribution < -0.4 is 9.47 Å². The van der Waals surface area contributed by atoms with E-state index < -0.39 is 6.10 Å². The number of rotatable bonds is 2. The van der Waals surface area contributed by atoms with Crippen LogP contribution in [0.15, 0.2) is 12.1 Å². The van der Waals surface area contributed by atoms with Gasteiger partial charge in [0, 0.05) is 22.6 Å². The van der Waals surface area contributed by atoms with Gasteiger partial charge in [0.15, 0.2) is 0 Å². The van der Waals surface area contributed by atoms with Gasteiger partial charge in [-0.15, -0.1) is 0 Å². The number of thioether (sulfide) groups is 1. The summed E-state index contributed by atoms with van der Waals surface area (Å²) in [5.41, 5.74) is 1.94. The van der Waals surface area contributed by atoms with E-state index in [2.05, 4.69) is 0 Å². The Morgan fingerprint density at radius 2 is 1.93 bits per heavy atom. The summed E-state index contributed by atoms with van der Waals surface area (Å²) in [5.74, 6) is 3.17. The first-order valence-corrected chi connectivity index (χ1v) is 5.93. The van der Waals surface area contributed by atoms with Crippen molar-refractivity contribution in [2.24, 2.45) is 0 Å². The van der Waals surface area contributed by atoms with Gasteiger partial charge in [-0.1, -0.05) is 0 Å². The lowest BCUT2D eigenvalue weighted by Crippen LogP contribution is -2.12. The molecule has 0 radical (unpaired) electrons. The van der Waals surface area contributed by atoms with Gasteiger partial charge in [-0.25, -0.2) is 0 Å². The molecule has 0 saturated heterocycles. The van der Waals surface area contributed by atoms with Crippen LogP contribution in [0.25, 0.3) is 0 Å². The fourth-order valence-corrected chi connectivity index (χ4v) is 2.87. The highest BCUT2D eigenvalue weighted by Crippen LogP contribution is 2.42. The van der Waals surface area contributed by atoms with Crippen LogP contribution >= 0.6 is 11.8 Å². The van der Waals surface area contributed by atoms with Crippen molar-refractivity contribution in [1.82, 2.24) is 0 Å². The Labute approximate surface area is 93.4 Å². The standard InChI is InChI=1S/C11H14O3S/c1-13-9-3-4-10(14-2)11-7(9)5-15-6-8(11)12/h3-4,8,12H,5-6H2,1-2H3/t8-/m1/s1. The van der Waals surface area contributed by atoms with E-state index in [-0.39, 0.29) is 0 Å². The number of benzene rings is 1. The van der Waals surface area contributed by atoms with Gasteiger partial charge in [0.05, 0.1) is 20.3 Å². The van der Waals surface area contributed by atoms with Crippen molar-refractivity contribution in [2.45, 2.75) is 11.9 Å². The molecule has 0 bridgehead atoms. The molecule has 82 valence electrons. The Morgan fingerprint density at radius 3 is 2.60 bits per heavy atom. The van der Waals surface area contributed by atoms with Gasteiger partial charge in [-0.05, 0) is 12.1 Å². The van der Waals surface area contributed by atoms with Gasteiger partial charge in [0.1, 0.15) is 11.5 Å². The zero-order valence-electron chi connectivity index (χ0n) is 8.82. The summed E-state index contributed by atoms with van der Waals surface area (Å²) in [5, 5.41) is 9.94. The van der Waals surface area contributed by atoms with Gasteiger partial charge >= 0.3 is 0 Å². The van der Waals surface area contributed by atoms with Crippen molar-refractivity contribution in [3.8, 4) is 11.5 Å². The number of fused-ring (bicyclic) bond motifs is 1. The normalized spacial score (nSPS) is 19.5. The maximum Gasteiger partial charge on any atom is 0.125 e. The van der Waals surface area contributed by atoms with Crippen LogP contribution in [0.5, 0.6) is 11.5 Å². The Bertz CT molecular complexity index is 365. The van der Waals surface area contributed by atoms with Crippen molar-refractivity contribution in [3.63, 3.8) is 0 Å². The summed E-state index contributed by atoms with van der Waals surface area (Å²) in [4.78, 5) is 0. The van der Waals surface area contributed by atoms with E-state index in [1.807, 2.05) is 12.1 Å². The quantitative estimate of drug-likeness (QED) is 0.837. The van der Waals surface area contributed by atoms with Crippen molar-refractivity contribution < 1.29 is 14.6 Å². The predicted octanol–water partition coefficient (Wildman–Crippen LogP) is 1.98. The molecule has 0 spiro atoms. The molecule has 3 nitrogen and oxygen atoms in total. The molecular formula is C11H14O3S. The summed E-state index contributed by atoms with van der Waals surface area (Å²) in [6.07, 6.45) is -0.455. The average molecular weight is 226 g/mol. The van der Waals surface area contributed by atoms with Crippen LogP contribution in [-0.2, 0) is 5.75 Å². The first-order valence-electron chi connectivity index (χ1n) is 4.77.